The molecular formula is C12H22N2O4. The topological polar surface area (TPSA) is 89.9 Å². The molecule has 1 aliphatic carbocycles. The zero-order chi connectivity index (χ0) is 13.8. The molecule has 1 fully saturated rings. The third-order valence-electron chi connectivity index (χ3n) is 3.52. The number of aliphatic hydroxyl groups is 1. The number of hydrogen-bond acceptors (Lipinski definition) is 3. The molecule has 0 aromatic carbocycles. The first-order chi connectivity index (χ1) is 8.44. The van der Waals surface area contributed by atoms with Gasteiger partial charge in [0, 0.05) is 19.1 Å². The number of aliphatic carboxylic acids is 1. The highest BCUT2D eigenvalue weighted by atomic mass is 16.4. The van der Waals surface area contributed by atoms with Crippen LogP contribution in [0.2, 0.25) is 0 Å². The fraction of sp³-hybridized carbons (Fsp3) is 0.833. The van der Waals surface area contributed by atoms with Gasteiger partial charge in [-0.15, -0.1) is 0 Å². The summed E-state index contributed by atoms with van der Waals surface area (Å²) in [6, 6.07) is -0.0812. The highest BCUT2D eigenvalue weighted by Crippen LogP contribution is 2.27. The standard InChI is InChI=1S/C12H22N2O4/c1-3-12(2,10(16)17)8-13-11(18)14(6-7-15)9-4-5-9/h9,15H,3-8H2,1-2H3,(H,13,18)(H,16,17). The minimum absolute atomic E-state index is 0.0755. The van der Waals surface area contributed by atoms with Gasteiger partial charge in [-0.1, -0.05) is 6.92 Å². The Kier molecular flexibility index (Phi) is 4.95. The van der Waals surface area contributed by atoms with Gasteiger partial charge in [0.25, 0.3) is 0 Å². The number of carbonyl (C=O) groups excluding carboxylic acids is 1. The second-order valence-corrected chi connectivity index (χ2v) is 5.03. The molecule has 0 aromatic rings. The van der Waals surface area contributed by atoms with Crippen LogP contribution in [0, 0.1) is 5.41 Å². The molecule has 18 heavy (non-hydrogen) atoms. The second kappa shape index (κ2) is 6.04. The largest absolute Gasteiger partial charge is 0.481 e. The average Bonchev–Trinajstić information content (AvgIpc) is 3.16. The number of rotatable bonds is 7. The molecule has 1 rings (SSSR count). The molecule has 3 N–H and O–H groups in total. The maximum Gasteiger partial charge on any atom is 0.317 e. The number of carboxylic acids is 1. The van der Waals surface area contributed by atoms with Crippen molar-refractivity contribution in [1.29, 1.82) is 0 Å². The van der Waals surface area contributed by atoms with Crippen LogP contribution in [0.5, 0.6) is 0 Å². The van der Waals surface area contributed by atoms with Crippen LogP contribution < -0.4 is 5.32 Å². The van der Waals surface area contributed by atoms with Crippen molar-refractivity contribution in [1.82, 2.24) is 10.2 Å². The molecule has 0 spiro atoms. The summed E-state index contributed by atoms with van der Waals surface area (Å²) in [5, 5.41) is 20.7. The third kappa shape index (κ3) is 3.60. The van der Waals surface area contributed by atoms with E-state index in [2.05, 4.69) is 5.32 Å². The smallest absolute Gasteiger partial charge is 0.317 e. The van der Waals surface area contributed by atoms with Crippen LogP contribution in [0.25, 0.3) is 0 Å². The van der Waals surface area contributed by atoms with E-state index in [0.29, 0.717) is 13.0 Å². The molecule has 2 amide bonds. The third-order valence-corrected chi connectivity index (χ3v) is 3.52. The second-order valence-electron chi connectivity index (χ2n) is 5.03. The SMILES string of the molecule is CCC(C)(CNC(=O)N(CCO)C1CC1)C(=O)O. The van der Waals surface area contributed by atoms with Crippen molar-refractivity contribution >= 4 is 12.0 Å². The van der Waals surface area contributed by atoms with E-state index in [-0.39, 0.29) is 25.2 Å². The van der Waals surface area contributed by atoms with Crippen molar-refractivity contribution < 1.29 is 19.8 Å². The number of nitrogens with zero attached hydrogens (tertiary/aromatic N) is 1. The Bertz CT molecular complexity index is 317. The first-order valence-corrected chi connectivity index (χ1v) is 6.33. The maximum atomic E-state index is 11.9. The minimum Gasteiger partial charge on any atom is -0.481 e. The van der Waals surface area contributed by atoms with E-state index in [1.807, 2.05) is 0 Å². The van der Waals surface area contributed by atoms with Crippen LogP contribution in [-0.4, -0.2) is 52.9 Å². The first-order valence-electron chi connectivity index (χ1n) is 6.33. The van der Waals surface area contributed by atoms with Gasteiger partial charge in [-0.2, -0.15) is 0 Å². The Hall–Kier alpha value is -1.30. The quantitative estimate of drug-likeness (QED) is 0.625. The van der Waals surface area contributed by atoms with Gasteiger partial charge >= 0.3 is 12.0 Å². The van der Waals surface area contributed by atoms with Crippen molar-refractivity contribution in [2.75, 3.05) is 19.7 Å². The summed E-state index contributed by atoms with van der Waals surface area (Å²) >= 11 is 0. The molecule has 0 aliphatic heterocycles. The van der Waals surface area contributed by atoms with Crippen LogP contribution >= 0.6 is 0 Å². The molecule has 104 valence electrons. The fourth-order valence-electron chi connectivity index (χ4n) is 1.67. The van der Waals surface area contributed by atoms with E-state index >= 15 is 0 Å². The van der Waals surface area contributed by atoms with Gasteiger partial charge in [-0.3, -0.25) is 4.79 Å². The zero-order valence-electron chi connectivity index (χ0n) is 11.0. The lowest BCUT2D eigenvalue weighted by atomic mass is 9.88. The Labute approximate surface area is 107 Å². The molecule has 1 atom stereocenters. The molecule has 0 aromatic heterocycles. The Morgan fingerprint density at radius 3 is 2.44 bits per heavy atom. The maximum absolute atomic E-state index is 11.9. The Balaban J connectivity index is 2.50. The highest BCUT2D eigenvalue weighted by Gasteiger charge is 2.35. The summed E-state index contributed by atoms with van der Waals surface area (Å²) in [7, 11) is 0. The van der Waals surface area contributed by atoms with Crippen LogP contribution in [0.3, 0.4) is 0 Å². The van der Waals surface area contributed by atoms with E-state index in [1.165, 1.54) is 0 Å². The number of hydrogen-bond donors (Lipinski definition) is 3. The average molecular weight is 258 g/mol. The number of nitrogens with one attached hydrogen (secondary N) is 1. The Morgan fingerprint density at radius 1 is 1.44 bits per heavy atom. The summed E-state index contributed by atoms with van der Waals surface area (Å²) < 4.78 is 0. The van der Waals surface area contributed by atoms with Gasteiger partial charge in [-0.25, -0.2) is 4.79 Å². The van der Waals surface area contributed by atoms with Gasteiger partial charge in [0.1, 0.15) is 0 Å². The zero-order valence-corrected chi connectivity index (χ0v) is 11.0. The number of amides is 2. The highest BCUT2D eigenvalue weighted by molar-refractivity contribution is 5.78. The molecule has 1 aliphatic rings. The predicted molar refractivity (Wildman–Crippen MR) is 66.2 cm³/mol. The van der Waals surface area contributed by atoms with Crippen LogP contribution in [0.1, 0.15) is 33.1 Å². The summed E-state index contributed by atoms with van der Waals surface area (Å²) in [4.78, 5) is 24.6. The number of urea groups is 1. The van der Waals surface area contributed by atoms with E-state index in [0.717, 1.165) is 12.8 Å². The van der Waals surface area contributed by atoms with E-state index in [4.69, 9.17) is 10.2 Å². The molecule has 6 nitrogen and oxygen atoms in total. The number of aliphatic hydroxyl groups excluding tert-OH is 1. The molecule has 0 radical (unpaired) electrons. The normalized spacial score (nSPS) is 17.9. The molecule has 1 unspecified atom stereocenters. The lowest BCUT2D eigenvalue weighted by molar-refractivity contribution is -0.147. The lowest BCUT2D eigenvalue weighted by Gasteiger charge is -2.27. The predicted octanol–water partition coefficient (Wildman–Crippen LogP) is 0.654. The van der Waals surface area contributed by atoms with Crippen molar-refractivity contribution in [3.05, 3.63) is 0 Å². The van der Waals surface area contributed by atoms with Gasteiger partial charge in [0.05, 0.1) is 12.0 Å². The molecule has 0 saturated heterocycles. The Morgan fingerprint density at radius 2 is 2.06 bits per heavy atom. The minimum atomic E-state index is -0.940. The summed E-state index contributed by atoms with van der Waals surface area (Å²) in [5.74, 6) is -0.912. The van der Waals surface area contributed by atoms with Crippen LogP contribution in [0.4, 0.5) is 4.79 Å². The van der Waals surface area contributed by atoms with Crippen molar-refractivity contribution in [2.24, 2.45) is 5.41 Å². The van der Waals surface area contributed by atoms with E-state index < -0.39 is 11.4 Å². The van der Waals surface area contributed by atoms with E-state index in [9.17, 15) is 9.59 Å². The van der Waals surface area contributed by atoms with Gasteiger partial charge in [0.15, 0.2) is 0 Å². The summed E-state index contributed by atoms with van der Waals surface area (Å²) in [6.07, 6.45) is 2.36. The summed E-state index contributed by atoms with van der Waals surface area (Å²) in [5.41, 5.74) is -0.940. The van der Waals surface area contributed by atoms with Gasteiger partial charge in [0.2, 0.25) is 0 Å². The fourth-order valence-corrected chi connectivity index (χ4v) is 1.67. The molecular weight excluding hydrogens is 236 g/mol. The first kappa shape index (κ1) is 14.8. The van der Waals surface area contributed by atoms with Crippen molar-refractivity contribution in [2.45, 2.75) is 39.2 Å². The lowest BCUT2D eigenvalue weighted by Crippen LogP contribution is -2.48. The van der Waals surface area contributed by atoms with Crippen LogP contribution in [0.15, 0.2) is 0 Å². The number of carbonyl (C=O) groups is 2. The van der Waals surface area contributed by atoms with Crippen molar-refractivity contribution in [3.63, 3.8) is 0 Å². The van der Waals surface area contributed by atoms with Crippen molar-refractivity contribution in [3.8, 4) is 0 Å². The van der Waals surface area contributed by atoms with Crippen LogP contribution in [-0.2, 0) is 4.79 Å². The molecule has 0 bridgehead atoms. The molecule has 1 saturated carbocycles. The monoisotopic (exact) mass is 258 g/mol. The summed E-state index contributed by atoms with van der Waals surface area (Å²) in [6.45, 7) is 3.72. The van der Waals surface area contributed by atoms with Gasteiger partial charge in [-0.05, 0) is 26.2 Å². The van der Waals surface area contributed by atoms with E-state index in [1.54, 1.807) is 18.7 Å². The van der Waals surface area contributed by atoms with Gasteiger partial charge < -0.3 is 20.4 Å². The molecule has 0 heterocycles. The number of carboxylic acid groups (broad SMARTS) is 1. The molecule has 6 heteroatoms.